The number of hydrogen-bond acceptors (Lipinski definition) is 4. The Morgan fingerprint density at radius 3 is 3.00 bits per heavy atom. The molecule has 3 rings (SSSR count). The van der Waals surface area contributed by atoms with Crippen LogP contribution < -0.4 is 5.32 Å². The minimum Gasteiger partial charge on any atom is -0.381 e. The molecule has 2 unspecified atom stereocenters. The molecule has 1 saturated carbocycles. The van der Waals surface area contributed by atoms with E-state index in [2.05, 4.69) is 33.2 Å². The van der Waals surface area contributed by atoms with Crippen LogP contribution in [0.1, 0.15) is 26.2 Å². The summed E-state index contributed by atoms with van der Waals surface area (Å²) in [6, 6.07) is 4.41. The number of rotatable bonds is 4. The summed E-state index contributed by atoms with van der Waals surface area (Å²) in [5.41, 5.74) is 0.220. The van der Waals surface area contributed by atoms with Crippen LogP contribution in [0.2, 0.25) is 0 Å². The van der Waals surface area contributed by atoms with Crippen molar-refractivity contribution in [2.45, 2.75) is 38.3 Å². The first-order chi connectivity index (χ1) is 9.74. The molecule has 2 heterocycles. The highest BCUT2D eigenvalue weighted by atomic mass is 79.9. The van der Waals surface area contributed by atoms with Crippen molar-refractivity contribution < 1.29 is 9.47 Å². The van der Waals surface area contributed by atoms with E-state index in [-0.39, 0.29) is 5.41 Å². The van der Waals surface area contributed by atoms with E-state index < -0.39 is 0 Å². The molecule has 0 aromatic carbocycles. The highest BCUT2D eigenvalue weighted by molar-refractivity contribution is 9.10. The zero-order chi connectivity index (χ0) is 14.0. The minimum absolute atomic E-state index is 0.220. The Bertz CT molecular complexity index is 463. The average Bonchev–Trinajstić information content (AvgIpc) is 2.47. The molecular formula is C15H21BrN2O2. The molecule has 1 aromatic rings. The van der Waals surface area contributed by atoms with Gasteiger partial charge in [-0.3, -0.25) is 0 Å². The van der Waals surface area contributed by atoms with Crippen molar-refractivity contribution in [3.8, 4) is 0 Å². The number of nitrogens with one attached hydrogen (secondary N) is 1. The first-order valence-electron chi connectivity index (χ1n) is 7.32. The van der Waals surface area contributed by atoms with Gasteiger partial charge < -0.3 is 14.8 Å². The number of pyridine rings is 1. The summed E-state index contributed by atoms with van der Waals surface area (Å²) in [4.78, 5) is 4.40. The molecule has 2 atom stereocenters. The molecule has 4 nitrogen and oxygen atoms in total. The molecule has 20 heavy (non-hydrogen) atoms. The van der Waals surface area contributed by atoms with Crippen molar-refractivity contribution in [1.29, 1.82) is 0 Å². The number of ether oxygens (including phenoxy) is 2. The average molecular weight is 341 g/mol. The molecule has 5 heteroatoms. The Morgan fingerprint density at radius 1 is 1.50 bits per heavy atom. The second-order valence-electron chi connectivity index (χ2n) is 5.58. The molecule has 0 bridgehead atoms. The molecule has 1 aliphatic carbocycles. The van der Waals surface area contributed by atoms with Crippen LogP contribution in [0.4, 0.5) is 5.82 Å². The van der Waals surface area contributed by atoms with Gasteiger partial charge in [0.15, 0.2) is 0 Å². The van der Waals surface area contributed by atoms with Gasteiger partial charge in [-0.05, 0) is 38.3 Å². The highest BCUT2D eigenvalue weighted by Gasteiger charge is 2.56. The quantitative estimate of drug-likeness (QED) is 0.913. The summed E-state index contributed by atoms with van der Waals surface area (Å²) < 4.78 is 12.5. The van der Waals surface area contributed by atoms with Crippen molar-refractivity contribution in [1.82, 2.24) is 4.98 Å². The summed E-state index contributed by atoms with van der Waals surface area (Å²) in [5, 5.41) is 3.59. The number of anilines is 1. The van der Waals surface area contributed by atoms with E-state index in [0.717, 1.165) is 49.4 Å². The van der Waals surface area contributed by atoms with Crippen molar-refractivity contribution >= 4 is 21.7 Å². The van der Waals surface area contributed by atoms with Crippen molar-refractivity contribution in [3.63, 3.8) is 0 Å². The van der Waals surface area contributed by atoms with Crippen LogP contribution in [0.15, 0.2) is 22.8 Å². The first kappa shape index (κ1) is 14.3. The summed E-state index contributed by atoms with van der Waals surface area (Å²) in [6.45, 7) is 4.54. The van der Waals surface area contributed by atoms with Gasteiger partial charge in [0.2, 0.25) is 0 Å². The molecule has 0 amide bonds. The van der Waals surface area contributed by atoms with E-state index in [4.69, 9.17) is 9.47 Å². The van der Waals surface area contributed by atoms with Gasteiger partial charge in [0.05, 0.1) is 6.10 Å². The smallest absolute Gasteiger partial charge is 0.127 e. The van der Waals surface area contributed by atoms with E-state index in [1.165, 1.54) is 0 Å². The van der Waals surface area contributed by atoms with Crippen LogP contribution in [0.25, 0.3) is 0 Å². The van der Waals surface area contributed by atoms with Crippen molar-refractivity contribution in [2.75, 3.05) is 25.1 Å². The second kappa shape index (κ2) is 6.00. The van der Waals surface area contributed by atoms with Crippen LogP contribution in [0.3, 0.4) is 0 Å². The second-order valence-corrected chi connectivity index (χ2v) is 6.50. The standard InChI is InChI=1S/C15H21BrN2O2/c1-2-20-13-10-12(15(13)4-7-19-8-5-15)18-14-9-11(16)3-6-17-14/h3,6,9,12-13H,2,4-5,7-8,10H2,1H3,(H,17,18). The lowest BCUT2D eigenvalue weighted by atomic mass is 9.57. The van der Waals surface area contributed by atoms with Gasteiger partial charge in [-0.15, -0.1) is 0 Å². The minimum atomic E-state index is 0.220. The number of aromatic nitrogens is 1. The normalized spacial score (nSPS) is 28.1. The van der Waals surface area contributed by atoms with Gasteiger partial charge in [0.25, 0.3) is 0 Å². The third-order valence-corrected chi connectivity index (χ3v) is 5.11. The predicted octanol–water partition coefficient (Wildman–Crippen LogP) is 3.23. The Hall–Kier alpha value is -0.650. The van der Waals surface area contributed by atoms with E-state index in [9.17, 15) is 0 Å². The van der Waals surface area contributed by atoms with E-state index >= 15 is 0 Å². The van der Waals surface area contributed by atoms with Crippen molar-refractivity contribution in [3.05, 3.63) is 22.8 Å². The Balaban J connectivity index is 1.73. The third-order valence-electron chi connectivity index (χ3n) is 4.62. The largest absolute Gasteiger partial charge is 0.381 e. The Kier molecular flexibility index (Phi) is 4.29. The lowest BCUT2D eigenvalue weighted by molar-refractivity contribution is -0.159. The fraction of sp³-hybridized carbons (Fsp3) is 0.667. The van der Waals surface area contributed by atoms with Gasteiger partial charge >= 0.3 is 0 Å². The maximum Gasteiger partial charge on any atom is 0.127 e. The maximum atomic E-state index is 5.94. The molecule has 1 spiro atoms. The maximum absolute atomic E-state index is 5.94. The molecule has 1 aliphatic heterocycles. The van der Waals surface area contributed by atoms with E-state index in [1.807, 2.05) is 18.3 Å². The molecule has 110 valence electrons. The monoisotopic (exact) mass is 340 g/mol. The molecule has 2 aliphatic rings. The molecular weight excluding hydrogens is 320 g/mol. The molecule has 1 saturated heterocycles. The van der Waals surface area contributed by atoms with Gasteiger partial charge in [0, 0.05) is 41.9 Å². The number of nitrogens with zero attached hydrogens (tertiary/aromatic N) is 1. The van der Waals surface area contributed by atoms with Crippen molar-refractivity contribution in [2.24, 2.45) is 5.41 Å². The number of halogens is 1. The summed E-state index contributed by atoms with van der Waals surface area (Å²) in [6.07, 6.45) is 5.39. The molecule has 2 fully saturated rings. The third kappa shape index (κ3) is 2.59. The first-order valence-corrected chi connectivity index (χ1v) is 8.11. The van der Waals surface area contributed by atoms with Crippen LogP contribution >= 0.6 is 15.9 Å². The van der Waals surface area contributed by atoms with Gasteiger partial charge in [-0.25, -0.2) is 4.98 Å². The zero-order valence-electron chi connectivity index (χ0n) is 11.8. The van der Waals surface area contributed by atoms with Crippen LogP contribution in [-0.4, -0.2) is 37.0 Å². The van der Waals surface area contributed by atoms with E-state index in [1.54, 1.807) is 0 Å². The lowest BCUT2D eigenvalue weighted by Crippen LogP contribution is -2.63. The SMILES string of the molecule is CCOC1CC(Nc2cc(Br)ccn2)C12CCOCC2. The Morgan fingerprint density at radius 2 is 2.30 bits per heavy atom. The lowest BCUT2D eigenvalue weighted by Gasteiger charge is -2.57. The van der Waals surface area contributed by atoms with Gasteiger partial charge in [-0.2, -0.15) is 0 Å². The molecule has 1 aromatic heterocycles. The highest BCUT2D eigenvalue weighted by Crippen LogP contribution is 2.51. The van der Waals surface area contributed by atoms with Gasteiger partial charge in [0.1, 0.15) is 5.82 Å². The summed E-state index contributed by atoms with van der Waals surface area (Å²) in [7, 11) is 0. The number of hydrogen-bond donors (Lipinski definition) is 1. The summed E-state index contributed by atoms with van der Waals surface area (Å²) >= 11 is 3.49. The zero-order valence-corrected chi connectivity index (χ0v) is 13.4. The predicted molar refractivity (Wildman–Crippen MR) is 81.9 cm³/mol. The fourth-order valence-corrected chi connectivity index (χ4v) is 3.80. The van der Waals surface area contributed by atoms with E-state index in [0.29, 0.717) is 12.1 Å². The molecule has 0 radical (unpaired) electrons. The topological polar surface area (TPSA) is 43.4 Å². The Labute approximate surface area is 128 Å². The van der Waals surface area contributed by atoms with Gasteiger partial charge in [-0.1, -0.05) is 15.9 Å². The van der Waals surface area contributed by atoms with Crippen LogP contribution in [-0.2, 0) is 9.47 Å². The molecule has 1 N–H and O–H groups in total. The van der Waals surface area contributed by atoms with Crippen LogP contribution in [0, 0.1) is 5.41 Å². The van der Waals surface area contributed by atoms with Crippen LogP contribution in [0.5, 0.6) is 0 Å². The fourth-order valence-electron chi connectivity index (χ4n) is 3.47. The summed E-state index contributed by atoms with van der Waals surface area (Å²) in [5.74, 6) is 0.935.